The first-order valence-electron chi connectivity index (χ1n) is 12.4. The Labute approximate surface area is 203 Å². The molecule has 0 heterocycles. The number of allylic oxidation sites excluding steroid dienone is 1. The maximum absolute atomic E-state index is 13.5. The smallest absolute Gasteiger partial charge is 0.270 e. The lowest BCUT2D eigenvalue weighted by atomic mass is 9.83. The molecule has 0 atom stereocenters. The fourth-order valence-electron chi connectivity index (χ4n) is 4.42. The Morgan fingerprint density at radius 2 is 1.76 bits per heavy atom. The summed E-state index contributed by atoms with van der Waals surface area (Å²) in [6.07, 6.45) is 9.32. The Balaban J connectivity index is 1.81. The first-order valence-corrected chi connectivity index (χ1v) is 12.4. The average molecular weight is 461 g/mol. The number of benzene rings is 2. The zero-order chi connectivity index (χ0) is 24.2. The topological polar surface area (TPSA) is 59.0 Å². The summed E-state index contributed by atoms with van der Waals surface area (Å²) in [6.45, 7) is 4.91. The fourth-order valence-corrected chi connectivity index (χ4v) is 4.42. The molecule has 0 radical (unpaired) electrons. The molecule has 3 rings (SSSR count). The minimum Gasteiger partial charge on any atom is -0.489 e. The van der Waals surface area contributed by atoms with Gasteiger partial charge in [0.05, 0.1) is 0 Å². The molecule has 2 aromatic rings. The van der Waals surface area contributed by atoms with Gasteiger partial charge in [0.25, 0.3) is 5.91 Å². The van der Waals surface area contributed by atoms with Crippen LogP contribution in [0.2, 0.25) is 0 Å². The molecular formula is C29H36N2O3. The van der Waals surface area contributed by atoms with Gasteiger partial charge in [-0.15, -0.1) is 0 Å². The van der Waals surface area contributed by atoms with Crippen molar-refractivity contribution in [2.24, 2.45) is 11.0 Å². The van der Waals surface area contributed by atoms with Gasteiger partial charge in [-0.05, 0) is 55.0 Å². The fraction of sp³-hybridized carbons (Fsp3) is 0.414. The Kier molecular flexibility index (Phi) is 10.1. The highest BCUT2D eigenvalue weighted by atomic mass is 16.5. The number of amides is 1. The van der Waals surface area contributed by atoms with E-state index in [-0.39, 0.29) is 12.3 Å². The second kappa shape index (κ2) is 13.5. The number of carbonyl (C=O) groups excluding carboxylic acids is 2. The molecule has 0 bridgehead atoms. The number of carbonyl (C=O) groups is 2. The molecule has 5 nitrogen and oxygen atoms in total. The summed E-state index contributed by atoms with van der Waals surface area (Å²) in [7, 11) is 0. The summed E-state index contributed by atoms with van der Waals surface area (Å²) in [6, 6.07) is 18.1. The third kappa shape index (κ3) is 7.41. The van der Waals surface area contributed by atoms with Gasteiger partial charge in [-0.3, -0.25) is 4.79 Å². The zero-order valence-corrected chi connectivity index (χ0v) is 20.4. The van der Waals surface area contributed by atoms with Crippen LogP contribution in [0.5, 0.6) is 5.75 Å². The zero-order valence-electron chi connectivity index (χ0n) is 20.4. The van der Waals surface area contributed by atoms with E-state index in [9.17, 15) is 9.59 Å². The SMILES string of the molecule is CCN(/N=C\CC=O)C(=O)/C(CC1CCCCC1)=C(\C)c1ccc(OCc2ccccc2)cc1. The lowest BCUT2D eigenvalue weighted by molar-refractivity contribution is -0.127. The minimum atomic E-state index is -0.0721. The molecule has 0 unspecified atom stereocenters. The molecule has 1 amide bonds. The van der Waals surface area contributed by atoms with E-state index < -0.39 is 0 Å². The number of ether oxygens (including phenoxy) is 1. The third-order valence-corrected chi connectivity index (χ3v) is 6.42. The van der Waals surface area contributed by atoms with Gasteiger partial charge in [0.1, 0.15) is 18.6 Å². The van der Waals surface area contributed by atoms with Crippen LogP contribution < -0.4 is 4.74 Å². The monoisotopic (exact) mass is 460 g/mol. The van der Waals surface area contributed by atoms with Gasteiger partial charge in [0, 0.05) is 24.8 Å². The molecule has 1 aliphatic carbocycles. The molecule has 0 saturated heterocycles. The van der Waals surface area contributed by atoms with Crippen molar-refractivity contribution in [1.82, 2.24) is 5.01 Å². The van der Waals surface area contributed by atoms with E-state index in [1.165, 1.54) is 30.5 Å². The van der Waals surface area contributed by atoms with Crippen molar-refractivity contribution in [1.29, 1.82) is 0 Å². The predicted octanol–water partition coefficient (Wildman–Crippen LogP) is 6.43. The molecule has 2 aromatic carbocycles. The summed E-state index contributed by atoms with van der Waals surface area (Å²) >= 11 is 0. The minimum absolute atomic E-state index is 0.0721. The molecule has 34 heavy (non-hydrogen) atoms. The van der Waals surface area contributed by atoms with Gasteiger partial charge < -0.3 is 9.53 Å². The Morgan fingerprint density at radius 3 is 2.41 bits per heavy atom. The summed E-state index contributed by atoms with van der Waals surface area (Å²) in [5.41, 5.74) is 3.93. The number of nitrogens with zero attached hydrogens (tertiary/aromatic N) is 2. The summed E-state index contributed by atoms with van der Waals surface area (Å²) in [4.78, 5) is 24.2. The highest BCUT2D eigenvalue weighted by molar-refractivity contribution is 6.01. The van der Waals surface area contributed by atoms with Gasteiger partial charge in [0.15, 0.2) is 0 Å². The molecule has 0 N–H and O–H groups in total. The highest BCUT2D eigenvalue weighted by Crippen LogP contribution is 2.33. The second-order valence-corrected chi connectivity index (χ2v) is 8.83. The maximum Gasteiger partial charge on any atom is 0.270 e. The normalized spacial score (nSPS) is 15.1. The maximum atomic E-state index is 13.5. The van der Waals surface area contributed by atoms with E-state index in [0.717, 1.165) is 53.6 Å². The number of likely N-dealkylation sites (N-methyl/N-ethyl adjacent to an activating group) is 1. The Bertz CT molecular complexity index is 974. The van der Waals surface area contributed by atoms with Crippen molar-refractivity contribution in [3.63, 3.8) is 0 Å². The first-order chi connectivity index (χ1) is 16.6. The predicted molar refractivity (Wildman–Crippen MR) is 138 cm³/mol. The summed E-state index contributed by atoms with van der Waals surface area (Å²) < 4.78 is 5.93. The van der Waals surface area contributed by atoms with E-state index in [0.29, 0.717) is 19.1 Å². The molecule has 0 aromatic heterocycles. The van der Waals surface area contributed by atoms with Crippen LogP contribution in [0.15, 0.2) is 65.3 Å². The highest BCUT2D eigenvalue weighted by Gasteiger charge is 2.24. The number of hydrogen-bond donors (Lipinski definition) is 0. The molecule has 0 aliphatic heterocycles. The van der Waals surface area contributed by atoms with Crippen LogP contribution in [-0.4, -0.2) is 30.0 Å². The molecule has 1 fully saturated rings. The average Bonchev–Trinajstić information content (AvgIpc) is 2.89. The molecular weight excluding hydrogens is 424 g/mol. The van der Waals surface area contributed by atoms with Crippen molar-refractivity contribution >= 4 is 24.0 Å². The number of hydrazone groups is 1. The second-order valence-electron chi connectivity index (χ2n) is 8.83. The molecule has 180 valence electrons. The molecule has 1 saturated carbocycles. The van der Waals surface area contributed by atoms with Crippen molar-refractivity contribution in [3.8, 4) is 5.75 Å². The lowest BCUT2D eigenvalue weighted by Crippen LogP contribution is -2.29. The van der Waals surface area contributed by atoms with Gasteiger partial charge in [-0.1, -0.05) is 74.6 Å². The van der Waals surface area contributed by atoms with Crippen molar-refractivity contribution in [2.75, 3.05) is 6.54 Å². The van der Waals surface area contributed by atoms with Gasteiger partial charge in [-0.2, -0.15) is 5.10 Å². The molecule has 5 heteroatoms. The van der Waals surface area contributed by atoms with Crippen molar-refractivity contribution < 1.29 is 14.3 Å². The Morgan fingerprint density at radius 1 is 1.06 bits per heavy atom. The summed E-state index contributed by atoms with van der Waals surface area (Å²) in [5, 5.41) is 5.74. The summed E-state index contributed by atoms with van der Waals surface area (Å²) in [5.74, 6) is 1.25. The standard InChI is InChI=1S/C29H36N2O3/c1-3-31(30-19-10-20-32)29(33)28(21-24-11-6-4-7-12-24)23(2)26-15-17-27(18-16-26)34-22-25-13-8-5-9-14-25/h5,8-9,13-20,24H,3-4,6-7,10-12,21-22H2,1-2H3/b28-23+,30-19-. The van der Waals surface area contributed by atoms with Crippen LogP contribution in [0.1, 0.15) is 69.9 Å². The molecule has 1 aliphatic rings. The molecule has 0 spiro atoms. The van der Waals surface area contributed by atoms with Gasteiger partial charge in [0.2, 0.25) is 0 Å². The van der Waals surface area contributed by atoms with E-state index in [2.05, 4.69) is 5.10 Å². The van der Waals surface area contributed by atoms with E-state index >= 15 is 0 Å². The Hall–Kier alpha value is -3.21. The van der Waals surface area contributed by atoms with E-state index in [4.69, 9.17) is 4.74 Å². The van der Waals surface area contributed by atoms with Crippen LogP contribution in [0, 0.1) is 5.92 Å². The third-order valence-electron chi connectivity index (χ3n) is 6.42. The van der Waals surface area contributed by atoms with Crippen molar-refractivity contribution in [3.05, 3.63) is 71.3 Å². The van der Waals surface area contributed by atoms with Gasteiger partial charge in [-0.25, -0.2) is 5.01 Å². The quantitative estimate of drug-likeness (QED) is 0.168. The number of rotatable bonds is 11. The number of aldehydes is 1. The van der Waals surface area contributed by atoms with Gasteiger partial charge >= 0.3 is 0 Å². The lowest BCUT2D eigenvalue weighted by Gasteiger charge is -2.25. The van der Waals surface area contributed by atoms with Crippen molar-refractivity contribution in [2.45, 2.75) is 65.4 Å². The first kappa shape index (κ1) is 25.4. The van der Waals surface area contributed by atoms with Crippen LogP contribution in [0.25, 0.3) is 5.57 Å². The van der Waals surface area contributed by atoms with E-state index in [1.54, 1.807) is 0 Å². The van der Waals surface area contributed by atoms with Crippen LogP contribution in [-0.2, 0) is 16.2 Å². The number of hydrogen-bond acceptors (Lipinski definition) is 4. The van der Waals surface area contributed by atoms with E-state index in [1.807, 2.05) is 68.4 Å². The van der Waals surface area contributed by atoms with Crippen LogP contribution in [0.4, 0.5) is 0 Å². The van der Waals surface area contributed by atoms with Crippen LogP contribution in [0.3, 0.4) is 0 Å². The van der Waals surface area contributed by atoms with Crippen LogP contribution >= 0.6 is 0 Å². The largest absolute Gasteiger partial charge is 0.489 e.